The average molecular weight is 568 g/mol. The molecule has 0 aliphatic heterocycles. The molecular weight excluding hydrogens is 543 g/mol. The minimum atomic E-state index is 0.899. The minimum absolute atomic E-state index is 0.899. The van der Waals surface area contributed by atoms with Gasteiger partial charge in [0.2, 0.25) is 0 Å². The number of furan rings is 1. The van der Waals surface area contributed by atoms with Gasteiger partial charge < -0.3 is 9.32 Å². The molecule has 0 amide bonds. The SMILES string of the molecule is c1ccc2c(-c3ccc(N(c4ccc5c(c4)sc4ccccc45)c4ccc5oc6ccccc6c5c4)cc3)cccc2c1. The highest BCUT2D eigenvalue weighted by atomic mass is 32.1. The van der Waals surface area contributed by atoms with Gasteiger partial charge in [-0.15, -0.1) is 11.3 Å². The first-order valence-electron chi connectivity index (χ1n) is 14.5. The van der Waals surface area contributed by atoms with E-state index in [1.165, 1.54) is 42.1 Å². The van der Waals surface area contributed by atoms with Crippen molar-refractivity contribution in [2.24, 2.45) is 0 Å². The summed E-state index contributed by atoms with van der Waals surface area (Å²) in [6.07, 6.45) is 0. The number of hydrogen-bond acceptors (Lipinski definition) is 3. The third kappa shape index (κ3) is 3.93. The monoisotopic (exact) mass is 567 g/mol. The second-order valence-corrected chi connectivity index (χ2v) is 12.1. The summed E-state index contributed by atoms with van der Waals surface area (Å²) in [5.74, 6) is 0. The minimum Gasteiger partial charge on any atom is -0.456 e. The molecule has 202 valence electrons. The standard InChI is InChI=1S/C40H25NOS/c1-2-10-31-26(8-1)9-7-13-32(31)27-16-18-28(19-17-27)41(29-21-23-38-36(24-29)33-11-3-5-14-37(33)42-38)30-20-22-35-34-12-4-6-15-39(34)43-40(35)25-30/h1-25H. The summed E-state index contributed by atoms with van der Waals surface area (Å²) in [5, 5.41) is 7.38. The maximum atomic E-state index is 6.17. The molecule has 0 unspecified atom stereocenters. The Hall–Kier alpha value is -5.38. The zero-order valence-corrected chi connectivity index (χ0v) is 24.0. The van der Waals surface area contributed by atoms with Crippen LogP contribution in [0.3, 0.4) is 0 Å². The summed E-state index contributed by atoms with van der Waals surface area (Å²) in [7, 11) is 0. The number of rotatable bonds is 4. The molecule has 0 aliphatic rings. The van der Waals surface area contributed by atoms with Crippen molar-refractivity contribution in [2.75, 3.05) is 4.90 Å². The molecule has 0 atom stereocenters. The molecule has 0 aliphatic carbocycles. The quantitative estimate of drug-likeness (QED) is 0.210. The van der Waals surface area contributed by atoms with E-state index in [2.05, 4.69) is 144 Å². The van der Waals surface area contributed by atoms with Crippen LogP contribution in [0.25, 0.3) is 64.0 Å². The number of fused-ring (bicyclic) bond motifs is 7. The molecule has 9 rings (SSSR count). The van der Waals surface area contributed by atoms with Crippen molar-refractivity contribution in [1.82, 2.24) is 0 Å². The maximum Gasteiger partial charge on any atom is 0.135 e. The summed E-state index contributed by atoms with van der Waals surface area (Å²) < 4.78 is 8.77. The lowest BCUT2D eigenvalue weighted by atomic mass is 9.98. The molecule has 2 nitrogen and oxygen atoms in total. The van der Waals surface area contributed by atoms with Gasteiger partial charge >= 0.3 is 0 Å². The van der Waals surface area contributed by atoms with Crippen LogP contribution in [0.4, 0.5) is 17.1 Å². The lowest BCUT2D eigenvalue weighted by molar-refractivity contribution is 0.669. The molecule has 0 spiro atoms. The van der Waals surface area contributed by atoms with Crippen molar-refractivity contribution in [3.05, 3.63) is 152 Å². The van der Waals surface area contributed by atoms with E-state index in [0.29, 0.717) is 0 Å². The van der Waals surface area contributed by atoms with Crippen molar-refractivity contribution in [3.63, 3.8) is 0 Å². The van der Waals surface area contributed by atoms with Crippen LogP contribution in [0.15, 0.2) is 156 Å². The van der Waals surface area contributed by atoms with Gasteiger partial charge in [0.05, 0.1) is 0 Å². The first kappa shape index (κ1) is 24.2. The van der Waals surface area contributed by atoms with Crippen LogP contribution >= 0.6 is 11.3 Å². The topological polar surface area (TPSA) is 16.4 Å². The van der Waals surface area contributed by atoms with Crippen molar-refractivity contribution >= 4 is 81.3 Å². The highest BCUT2D eigenvalue weighted by Crippen LogP contribution is 2.42. The van der Waals surface area contributed by atoms with E-state index in [1.54, 1.807) is 0 Å². The number of hydrogen-bond donors (Lipinski definition) is 0. The van der Waals surface area contributed by atoms with Crippen LogP contribution in [-0.4, -0.2) is 0 Å². The lowest BCUT2D eigenvalue weighted by Crippen LogP contribution is -2.09. The smallest absolute Gasteiger partial charge is 0.135 e. The zero-order chi connectivity index (χ0) is 28.3. The molecule has 0 fully saturated rings. The molecule has 0 radical (unpaired) electrons. The fraction of sp³-hybridized carbons (Fsp3) is 0. The summed E-state index contributed by atoms with van der Waals surface area (Å²) >= 11 is 1.85. The van der Waals surface area contributed by atoms with Gasteiger partial charge in [-0.25, -0.2) is 0 Å². The van der Waals surface area contributed by atoms with Crippen molar-refractivity contribution in [2.45, 2.75) is 0 Å². The average Bonchev–Trinajstić information content (AvgIpc) is 3.63. The molecule has 0 bridgehead atoms. The van der Waals surface area contributed by atoms with E-state index < -0.39 is 0 Å². The number of nitrogens with zero attached hydrogens (tertiary/aromatic N) is 1. The molecule has 0 saturated heterocycles. The Bertz CT molecular complexity index is 2460. The van der Waals surface area contributed by atoms with Gasteiger partial charge in [0.15, 0.2) is 0 Å². The summed E-state index contributed by atoms with van der Waals surface area (Å²) in [5.41, 5.74) is 7.59. The molecule has 3 heteroatoms. The molecule has 0 saturated carbocycles. The second kappa shape index (κ2) is 9.59. The van der Waals surface area contributed by atoms with Gasteiger partial charge in [0.25, 0.3) is 0 Å². The van der Waals surface area contributed by atoms with Gasteiger partial charge in [-0.1, -0.05) is 97.1 Å². The van der Waals surface area contributed by atoms with E-state index in [-0.39, 0.29) is 0 Å². The fourth-order valence-corrected chi connectivity index (χ4v) is 7.56. The highest BCUT2D eigenvalue weighted by Gasteiger charge is 2.17. The van der Waals surface area contributed by atoms with Crippen molar-refractivity contribution in [3.8, 4) is 11.1 Å². The normalized spacial score (nSPS) is 11.7. The number of benzene rings is 7. The maximum absolute atomic E-state index is 6.17. The van der Waals surface area contributed by atoms with E-state index in [0.717, 1.165) is 39.0 Å². The largest absolute Gasteiger partial charge is 0.456 e. The predicted molar refractivity (Wildman–Crippen MR) is 184 cm³/mol. The summed E-state index contributed by atoms with van der Waals surface area (Å²) in [4.78, 5) is 2.36. The summed E-state index contributed by atoms with van der Waals surface area (Å²) in [6, 6.07) is 54.4. The first-order valence-corrected chi connectivity index (χ1v) is 15.3. The van der Waals surface area contributed by atoms with E-state index >= 15 is 0 Å². The zero-order valence-electron chi connectivity index (χ0n) is 23.2. The van der Waals surface area contributed by atoms with Gasteiger partial charge in [-0.05, 0) is 76.5 Å². The molecule has 0 N–H and O–H groups in total. The van der Waals surface area contributed by atoms with Crippen molar-refractivity contribution < 1.29 is 4.42 Å². The van der Waals surface area contributed by atoms with Crippen LogP contribution in [0.2, 0.25) is 0 Å². The fourth-order valence-electron chi connectivity index (χ4n) is 6.42. The molecule has 2 heterocycles. The highest BCUT2D eigenvalue weighted by molar-refractivity contribution is 7.25. The Labute approximate surface area is 252 Å². The first-order chi connectivity index (χ1) is 21.3. The van der Waals surface area contributed by atoms with E-state index in [9.17, 15) is 0 Å². The van der Waals surface area contributed by atoms with Crippen molar-refractivity contribution in [1.29, 1.82) is 0 Å². The van der Waals surface area contributed by atoms with Crippen LogP contribution in [0.1, 0.15) is 0 Å². The molecule has 2 aromatic heterocycles. The lowest BCUT2D eigenvalue weighted by Gasteiger charge is -2.26. The van der Waals surface area contributed by atoms with Gasteiger partial charge in [0.1, 0.15) is 11.2 Å². The third-order valence-corrected chi connectivity index (χ3v) is 9.60. The Morgan fingerprint density at radius 3 is 1.98 bits per heavy atom. The van der Waals surface area contributed by atoms with Gasteiger partial charge in [0, 0.05) is 48.0 Å². The third-order valence-electron chi connectivity index (χ3n) is 8.47. The van der Waals surface area contributed by atoms with E-state index in [4.69, 9.17) is 4.42 Å². The number of anilines is 3. The Morgan fingerprint density at radius 2 is 1.07 bits per heavy atom. The molecule has 9 aromatic rings. The Balaban J connectivity index is 1.23. The van der Waals surface area contributed by atoms with E-state index in [1.807, 2.05) is 23.5 Å². The Kier molecular flexibility index (Phi) is 5.40. The summed E-state index contributed by atoms with van der Waals surface area (Å²) in [6.45, 7) is 0. The number of thiophene rings is 1. The predicted octanol–water partition coefficient (Wildman–Crippen LogP) is 12.2. The second-order valence-electron chi connectivity index (χ2n) is 11.0. The van der Waals surface area contributed by atoms with Crippen LogP contribution in [0.5, 0.6) is 0 Å². The van der Waals surface area contributed by atoms with Gasteiger partial charge in [-0.3, -0.25) is 0 Å². The Morgan fingerprint density at radius 1 is 0.419 bits per heavy atom. The molecular formula is C40H25NOS. The molecule has 43 heavy (non-hydrogen) atoms. The van der Waals surface area contributed by atoms with Crippen LogP contribution in [-0.2, 0) is 0 Å². The van der Waals surface area contributed by atoms with Gasteiger partial charge in [-0.2, -0.15) is 0 Å². The number of para-hydroxylation sites is 1. The molecule has 7 aromatic carbocycles. The van der Waals surface area contributed by atoms with Crippen LogP contribution in [0, 0.1) is 0 Å². The van der Waals surface area contributed by atoms with Crippen LogP contribution < -0.4 is 4.90 Å².